The van der Waals surface area contributed by atoms with E-state index in [1.165, 1.54) is 0 Å². The number of anilines is 1. The van der Waals surface area contributed by atoms with Crippen LogP contribution in [0.4, 0.5) is 18.9 Å². The number of aryl methyl sites for hydroxylation is 1. The van der Waals surface area contributed by atoms with Crippen LogP contribution in [0, 0.1) is 12.7 Å². The van der Waals surface area contributed by atoms with Gasteiger partial charge >= 0.3 is 6.61 Å². The van der Waals surface area contributed by atoms with E-state index >= 15 is 0 Å². The molecule has 0 amide bonds. The third-order valence-corrected chi connectivity index (χ3v) is 2.59. The molecule has 106 valence electrons. The molecule has 3 nitrogen and oxygen atoms in total. The monoisotopic (exact) mass is 283 g/mol. The second-order valence-electron chi connectivity index (χ2n) is 4.07. The third-order valence-electron chi connectivity index (χ3n) is 2.59. The number of alkyl halides is 2. The molecule has 0 aromatic heterocycles. The van der Waals surface area contributed by atoms with E-state index in [1.807, 2.05) is 19.1 Å². The van der Waals surface area contributed by atoms with Gasteiger partial charge in [0.2, 0.25) is 0 Å². The van der Waals surface area contributed by atoms with Crippen LogP contribution in [0.3, 0.4) is 0 Å². The van der Waals surface area contributed by atoms with E-state index in [0.29, 0.717) is 5.75 Å². The summed E-state index contributed by atoms with van der Waals surface area (Å²) in [6.07, 6.45) is 0. The largest absolute Gasteiger partial charge is 0.455 e. The van der Waals surface area contributed by atoms with Gasteiger partial charge in [-0.3, -0.25) is 0 Å². The van der Waals surface area contributed by atoms with Crippen LogP contribution < -0.4 is 15.2 Å². The lowest BCUT2D eigenvalue weighted by Gasteiger charge is -2.13. The fraction of sp³-hybridized carbons (Fsp3) is 0.143. The van der Waals surface area contributed by atoms with Crippen molar-refractivity contribution in [2.45, 2.75) is 13.5 Å². The minimum Gasteiger partial charge on any atom is -0.455 e. The molecule has 2 aromatic carbocycles. The second-order valence-corrected chi connectivity index (χ2v) is 4.07. The molecule has 0 spiro atoms. The summed E-state index contributed by atoms with van der Waals surface area (Å²) < 4.78 is 47.3. The van der Waals surface area contributed by atoms with E-state index in [0.717, 1.165) is 17.7 Å². The van der Waals surface area contributed by atoms with Crippen molar-refractivity contribution in [2.24, 2.45) is 0 Å². The summed E-state index contributed by atoms with van der Waals surface area (Å²) in [5.74, 6) is -1.04. The van der Waals surface area contributed by atoms with Crippen LogP contribution in [0.2, 0.25) is 0 Å². The molecule has 2 N–H and O–H groups in total. The van der Waals surface area contributed by atoms with E-state index < -0.39 is 18.2 Å². The predicted molar refractivity (Wildman–Crippen MR) is 68.7 cm³/mol. The Hall–Kier alpha value is -2.37. The lowest BCUT2D eigenvalue weighted by molar-refractivity contribution is -0.0522. The molecule has 2 aromatic rings. The summed E-state index contributed by atoms with van der Waals surface area (Å²) in [6.45, 7) is -1.31. The molecule has 0 saturated heterocycles. The minimum atomic E-state index is -3.13. The van der Waals surface area contributed by atoms with Crippen molar-refractivity contribution in [3.05, 3.63) is 47.8 Å². The average molecular weight is 283 g/mol. The molecule has 6 heteroatoms. The fourth-order valence-corrected chi connectivity index (χ4v) is 1.61. The summed E-state index contributed by atoms with van der Waals surface area (Å²) >= 11 is 0. The van der Waals surface area contributed by atoms with Crippen molar-refractivity contribution < 1.29 is 22.6 Å². The Morgan fingerprint density at radius 3 is 2.40 bits per heavy atom. The summed E-state index contributed by atoms with van der Waals surface area (Å²) in [4.78, 5) is 0. The van der Waals surface area contributed by atoms with Crippen molar-refractivity contribution in [3.63, 3.8) is 0 Å². The molecule has 0 fully saturated rings. The van der Waals surface area contributed by atoms with Gasteiger partial charge < -0.3 is 15.2 Å². The molecule has 0 heterocycles. The molecule has 0 aliphatic heterocycles. The summed E-state index contributed by atoms with van der Waals surface area (Å²) in [5.41, 5.74) is 6.43. The molecule has 20 heavy (non-hydrogen) atoms. The van der Waals surface area contributed by atoms with E-state index in [2.05, 4.69) is 4.74 Å². The summed E-state index contributed by atoms with van der Waals surface area (Å²) in [7, 11) is 0. The lowest BCUT2D eigenvalue weighted by Crippen LogP contribution is -2.05. The minimum absolute atomic E-state index is 0.00707. The van der Waals surface area contributed by atoms with Crippen LogP contribution in [-0.4, -0.2) is 6.61 Å². The normalized spacial score (nSPS) is 10.7. The van der Waals surface area contributed by atoms with E-state index in [4.69, 9.17) is 10.5 Å². The standard InChI is InChI=1S/C14H12F3NO2/c1-8-4-2-3-5-11(8)19-13-7-12(20-14(16)17)9(15)6-10(13)18/h2-7,14H,18H2,1H3. The Morgan fingerprint density at radius 2 is 1.75 bits per heavy atom. The number of ether oxygens (including phenoxy) is 2. The fourth-order valence-electron chi connectivity index (χ4n) is 1.61. The molecule has 0 aliphatic rings. The number of nitrogens with two attached hydrogens (primary N) is 1. The van der Waals surface area contributed by atoms with Crippen LogP contribution in [0.25, 0.3) is 0 Å². The van der Waals surface area contributed by atoms with Gasteiger partial charge in [-0.15, -0.1) is 0 Å². The van der Waals surface area contributed by atoms with Gasteiger partial charge in [0.25, 0.3) is 0 Å². The van der Waals surface area contributed by atoms with Gasteiger partial charge in [-0.2, -0.15) is 8.78 Å². The Balaban J connectivity index is 2.34. The van der Waals surface area contributed by atoms with Gasteiger partial charge in [0.05, 0.1) is 5.69 Å². The van der Waals surface area contributed by atoms with E-state index in [9.17, 15) is 13.2 Å². The highest BCUT2D eigenvalue weighted by Gasteiger charge is 2.15. The molecule has 0 bridgehead atoms. The van der Waals surface area contributed by atoms with Gasteiger partial charge in [0.1, 0.15) is 5.75 Å². The zero-order chi connectivity index (χ0) is 14.7. The Morgan fingerprint density at radius 1 is 1.05 bits per heavy atom. The Kier molecular flexibility index (Phi) is 4.02. The maximum absolute atomic E-state index is 13.4. The van der Waals surface area contributed by atoms with Gasteiger partial charge in [0.15, 0.2) is 17.3 Å². The van der Waals surface area contributed by atoms with Gasteiger partial charge in [0, 0.05) is 12.1 Å². The number of hydrogen-bond donors (Lipinski definition) is 1. The Labute approximate surface area is 113 Å². The van der Waals surface area contributed by atoms with Crippen LogP contribution >= 0.6 is 0 Å². The molecule has 0 radical (unpaired) electrons. The first-order valence-electron chi connectivity index (χ1n) is 5.74. The van der Waals surface area contributed by atoms with E-state index in [1.54, 1.807) is 12.1 Å². The highest BCUT2D eigenvalue weighted by atomic mass is 19.3. The molecular weight excluding hydrogens is 271 g/mol. The first-order valence-corrected chi connectivity index (χ1v) is 5.74. The first-order chi connectivity index (χ1) is 9.47. The highest BCUT2D eigenvalue weighted by molar-refractivity contribution is 5.58. The Bertz CT molecular complexity index is 617. The van der Waals surface area contributed by atoms with Gasteiger partial charge in [-0.05, 0) is 18.6 Å². The second kappa shape index (κ2) is 5.73. The maximum Gasteiger partial charge on any atom is 0.387 e. The zero-order valence-electron chi connectivity index (χ0n) is 10.6. The highest BCUT2D eigenvalue weighted by Crippen LogP contribution is 2.35. The average Bonchev–Trinajstić information content (AvgIpc) is 2.37. The maximum atomic E-state index is 13.4. The van der Waals surface area contributed by atoms with Crippen LogP contribution in [0.5, 0.6) is 17.2 Å². The van der Waals surface area contributed by atoms with Crippen LogP contribution in [-0.2, 0) is 0 Å². The SMILES string of the molecule is Cc1ccccc1Oc1cc(OC(F)F)c(F)cc1N. The van der Waals surface area contributed by atoms with Crippen LogP contribution in [0.15, 0.2) is 36.4 Å². The third kappa shape index (κ3) is 3.14. The van der Waals surface area contributed by atoms with E-state index in [-0.39, 0.29) is 11.4 Å². The van der Waals surface area contributed by atoms with Crippen molar-refractivity contribution in [3.8, 4) is 17.2 Å². The summed E-state index contributed by atoms with van der Waals surface area (Å²) in [6, 6.07) is 8.95. The van der Waals surface area contributed by atoms with Crippen molar-refractivity contribution in [1.29, 1.82) is 0 Å². The van der Waals surface area contributed by atoms with Gasteiger partial charge in [-0.1, -0.05) is 18.2 Å². The molecule has 2 rings (SSSR count). The number of benzene rings is 2. The molecular formula is C14H12F3NO2. The van der Waals surface area contributed by atoms with Crippen molar-refractivity contribution in [1.82, 2.24) is 0 Å². The molecule has 0 atom stereocenters. The van der Waals surface area contributed by atoms with Crippen molar-refractivity contribution in [2.75, 3.05) is 5.73 Å². The van der Waals surface area contributed by atoms with Crippen molar-refractivity contribution >= 4 is 5.69 Å². The molecule has 0 aliphatic carbocycles. The van der Waals surface area contributed by atoms with Gasteiger partial charge in [-0.25, -0.2) is 4.39 Å². The topological polar surface area (TPSA) is 44.5 Å². The lowest BCUT2D eigenvalue weighted by atomic mass is 10.2. The van der Waals surface area contributed by atoms with Crippen LogP contribution in [0.1, 0.15) is 5.56 Å². The smallest absolute Gasteiger partial charge is 0.387 e. The summed E-state index contributed by atoms with van der Waals surface area (Å²) in [5, 5.41) is 0. The molecule has 0 saturated carbocycles. The number of para-hydroxylation sites is 1. The quantitative estimate of drug-likeness (QED) is 0.859. The first kappa shape index (κ1) is 14.0. The number of rotatable bonds is 4. The number of nitrogen functional groups attached to an aromatic ring is 1. The number of hydrogen-bond acceptors (Lipinski definition) is 3. The predicted octanol–water partition coefficient (Wildman–Crippen LogP) is 4.11. The number of halogens is 3. The molecule has 0 unspecified atom stereocenters. The zero-order valence-corrected chi connectivity index (χ0v) is 10.6.